The number of thioether (sulfide) groups is 2. The van der Waals surface area contributed by atoms with Crippen LogP contribution in [-0.2, 0) is 20.8 Å². The van der Waals surface area contributed by atoms with Crippen molar-refractivity contribution in [1.29, 1.82) is 0 Å². The van der Waals surface area contributed by atoms with Gasteiger partial charge in [-0.1, -0.05) is 11.2 Å². The Morgan fingerprint density at radius 3 is 2.95 bits per heavy atom. The number of carboxylic acid groups (broad SMARTS) is 1. The summed E-state index contributed by atoms with van der Waals surface area (Å²) in [6, 6.07) is 0. The molecule has 0 radical (unpaired) electrons. The lowest BCUT2D eigenvalue weighted by atomic mass is 9.95. The molecule has 3 fully saturated rings. The first-order valence-electron chi connectivity index (χ1n) is 6.82. The summed E-state index contributed by atoms with van der Waals surface area (Å²) < 4.78 is 10.4. The van der Waals surface area contributed by atoms with Crippen molar-refractivity contribution in [2.24, 2.45) is 5.92 Å². The predicted molar refractivity (Wildman–Crippen MR) is 82.5 cm³/mol. The molecule has 2 N–H and O–H groups in total. The van der Waals surface area contributed by atoms with Gasteiger partial charge in [0.1, 0.15) is 11.5 Å². The Balaban J connectivity index is 1.72. The highest BCUT2D eigenvalue weighted by Gasteiger charge is 2.62. The molecule has 0 saturated carbocycles. The van der Waals surface area contributed by atoms with Crippen molar-refractivity contribution in [3.63, 3.8) is 0 Å². The zero-order valence-electron chi connectivity index (χ0n) is 11.3. The van der Waals surface area contributed by atoms with Crippen molar-refractivity contribution in [2.45, 2.75) is 27.5 Å². The number of fused-ring (bicyclic) bond motifs is 1. The molecule has 6 nitrogen and oxygen atoms in total. The van der Waals surface area contributed by atoms with Gasteiger partial charge in [-0.25, -0.2) is 4.79 Å². The van der Waals surface area contributed by atoms with Crippen molar-refractivity contribution in [3.8, 4) is 0 Å². The number of hydrogen-bond acceptors (Lipinski definition) is 6. The normalized spacial score (nSPS) is 42.0. The number of aliphatic carboxylic acids is 1. The number of carboxylic acids is 1. The molecule has 3 aliphatic rings. The van der Waals surface area contributed by atoms with Gasteiger partial charge < -0.3 is 19.7 Å². The molecule has 0 bridgehead atoms. The Morgan fingerprint density at radius 1 is 1.62 bits per heavy atom. The Morgan fingerprint density at radius 2 is 2.38 bits per heavy atom. The van der Waals surface area contributed by atoms with E-state index in [1.807, 2.05) is 0 Å². The molecule has 3 aliphatic heterocycles. The van der Waals surface area contributed by atoms with Crippen molar-refractivity contribution in [1.82, 2.24) is 4.90 Å². The molecule has 4 unspecified atom stereocenters. The molecule has 5 atom stereocenters. The third-order valence-electron chi connectivity index (χ3n) is 4.10. The summed E-state index contributed by atoms with van der Waals surface area (Å²) in [6.07, 6.45) is 1.16. The fourth-order valence-corrected chi connectivity index (χ4v) is 8.62. The predicted octanol–water partition coefficient (Wildman–Crippen LogP) is -0.0648. The second-order valence-corrected chi connectivity index (χ2v) is 10.4. The maximum atomic E-state index is 12.0. The number of hydrogen-bond donors (Lipinski definition) is 2. The Kier molecular flexibility index (Phi) is 4.39. The fraction of sp³-hybridized carbons (Fsp3) is 0.833. The van der Waals surface area contributed by atoms with Crippen molar-refractivity contribution < 1.29 is 24.4 Å². The van der Waals surface area contributed by atoms with Crippen LogP contribution in [-0.4, -0.2) is 70.9 Å². The second kappa shape index (κ2) is 5.84. The Bertz CT molecular complexity index is 464. The number of rotatable bonds is 5. The van der Waals surface area contributed by atoms with Crippen LogP contribution in [0.15, 0.2) is 0 Å². The van der Waals surface area contributed by atoms with Gasteiger partial charge in [0.25, 0.3) is 0 Å². The maximum Gasteiger partial charge on any atom is 0.332 e. The lowest BCUT2D eigenvalue weighted by Gasteiger charge is -2.41. The smallest absolute Gasteiger partial charge is 0.332 e. The van der Waals surface area contributed by atoms with Crippen molar-refractivity contribution in [2.75, 3.05) is 24.7 Å². The molecule has 0 aliphatic carbocycles. The molecule has 0 aromatic heterocycles. The van der Waals surface area contributed by atoms with Crippen LogP contribution < -0.4 is 0 Å². The van der Waals surface area contributed by atoms with Crippen LogP contribution in [0.3, 0.4) is 0 Å². The quantitative estimate of drug-likeness (QED) is 0.528. The molecule has 3 rings (SSSR count). The average Bonchev–Trinajstić information content (AvgIpc) is 2.99. The summed E-state index contributed by atoms with van der Waals surface area (Å²) in [7, 11) is 0. The second-order valence-electron chi connectivity index (χ2n) is 5.49. The molecule has 3 saturated heterocycles. The topological polar surface area (TPSA) is 101 Å². The van der Waals surface area contributed by atoms with Gasteiger partial charge in [0.2, 0.25) is 5.91 Å². The highest BCUT2D eigenvalue weighted by molar-refractivity contribution is 8.20. The van der Waals surface area contributed by atoms with Crippen LogP contribution in [0.4, 0.5) is 0 Å². The van der Waals surface area contributed by atoms with E-state index in [-0.39, 0.29) is 35.6 Å². The van der Waals surface area contributed by atoms with Gasteiger partial charge in [-0.3, -0.25) is 4.79 Å². The van der Waals surface area contributed by atoms with Crippen LogP contribution in [0.2, 0.25) is 0 Å². The van der Waals surface area contributed by atoms with E-state index in [0.29, 0.717) is 17.9 Å². The van der Waals surface area contributed by atoms with Gasteiger partial charge in [-0.15, -0.1) is 23.5 Å². The number of aliphatic hydroxyl groups excluding tert-OH is 1. The molecular weight excluding hydrogens is 334 g/mol. The van der Waals surface area contributed by atoms with E-state index in [1.54, 1.807) is 4.90 Å². The van der Waals surface area contributed by atoms with Crippen molar-refractivity contribution in [3.05, 3.63) is 0 Å². The number of amides is 1. The number of carbonyl (C=O) groups excluding carboxylic acids is 1. The summed E-state index contributed by atoms with van der Waals surface area (Å²) in [4.78, 5) is 25.4. The van der Waals surface area contributed by atoms with E-state index >= 15 is 0 Å². The highest BCUT2D eigenvalue weighted by atomic mass is 32.2. The largest absolute Gasteiger partial charge is 0.616 e. The maximum absolute atomic E-state index is 12.0. The van der Waals surface area contributed by atoms with Gasteiger partial charge >= 0.3 is 5.97 Å². The van der Waals surface area contributed by atoms with Gasteiger partial charge in [-0.05, 0) is 6.42 Å². The van der Waals surface area contributed by atoms with Gasteiger partial charge in [0.05, 0.1) is 23.1 Å². The van der Waals surface area contributed by atoms with E-state index in [1.165, 1.54) is 23.5 Å². The molecule has 9 heteroatoms. The van der Waals surface area contributed by atoms with E-state index in [9.17, 15) is 19.2 Å². The Hall–Kier alpha value is -0.0900. The lowest BCUT2D eigenvalue weighted by molar-refractivity contribution is -0.150. The van der Waals surface area contributed by atoms with Crippen molar-refractivity contribution >= 4 is 46.6 Å². The molecule has 0 spiro atoms. The SMILES string of the molecule is O=C1[C@H](CCO)C2SC(SC3CC[S+]([O-])C3)(C(=O)O)CN12. The summed E-state index contributed by atoms with van der Waals surface area (Å²) in [5.74, 6) is -0.0594. The molecule has 3 heterocycles. The first kappa shape index (κ1) is 15.8. The molecule has 21 heavy (non-hydrogen) atoms. The molecular formula is C12H17NO5S3. The lowest BCUT2D eigenvalue weighted by Crippen LogP contribution is -2.57. The summed E-state index contributed by atoms with van der Waals surface area (Å²) in [5.41, 5.74) is 0. The third-order valence-corrected chi connectivity index (χ3v) is 9.29. The first-order chi connectivity index (χ1) is 9.97. The van der Waals surface area contributed by atoms with Gasteiger partial charge in [0.15, 0.2) is 4.08 Å². The monoisotopic (exact) mass is 351 g/mol. The highest BCUT2D eigenvalue weighted by Crippen LogP contribution is 2.56. The van der Waals surface area contributed by atoms with E-state index in [2.05, 4.69) is 0 Å². The summed E-state index contributed by atoms with van der Waals surface area (Å²) >= 11 is 1.83. The van der Waals surface area contributed by atoms with Gasteiger partial charge in [0, 0.05) is 13.0 Å². The van der Waals surface area contributed by atoms with E-state index < -0.39 is 21.2 Å². The minimum atomic E-state index is -1.05. The third kappa shape index (κ3) is 2.67. The minimum Gasteiger partial charge on any atom is -0.616 e. The fourth-order valence-electron chi connectivity index (χ4n) is 3.00. The zero-order valence-corrected chi connectivity index (χ0v) is 13.7. The molecule has 118 valence electrons. The zero-order chi connectivity index (χ0) is 15.2. The van der Waals surface area contributed by atoms with E-state index in [4.69, 9.17) is 5.11 Å². The average molecular weight is 351 g/mol. The van der Waals surface area contributed by atoms with Gasteiger partial charge in [-0.2, -0.15) is 0 Å². The Labute approximate surface area is 134 Å². The van der Waals surface area contributed by atoms with Crippen LogP contribution in [0.5, 0.6) is 0 Å². The summed E-state index contributed by atoms with van der Waals surface area (Å²) in [6.45, 7) is 0.141. The minimum absolute atomic E-state index is 0.0553. The first-order valence-corrected chi connectivity index (χ1v) is 10.1. The number of β-lactam (4-membered cyclic amide) rings is 1. The van der Waals surface area contributed by atoms with Crippen LogP contribution in [0.1, 0.15) is 12.8 Å². The molecule has 0 aromatic carbocycles. The van der Waals surface area contributed by atoms with Crippen LogP contribution in [0.25, 0.3) is 0 Å². The van der Waals surface area contributed by atoms with Crippen LogP contribution >= 0.6 is 23.5 Å². The number of carbonyl (C=O) groups is 2. The summed E-state index contributed by atoms with van der Waals surface area (Å²) in [5, 5.41) is 18.6. The van der Waals surface area contributed by atoms with Crippen LogP contribution in [0, 0.1) is 5.92 Å². The molecule has 0 aromatic rings. The number of nitrogens with zero attached hydrogens (tertiary/aromatic N) is 1. The number of aliphatic hydroxyl groups is 1. The molecule has 1 amide bonds. The standard InChI is InChI=1S/C12H17NO5S3/c14-3-1-8-9(15)13-6-12(11(16)17,20-10(8)13)19-7-2-4-21(18)5-7/h7-8,10,14H,1-6H2,(H,16,17)/t7?,8-,10?,12?,21?/m0/s1. The van der Waals surface area contributed by atoms with E-state index in [0.717, 1.165) is 6.42 Å².